The molecule has 24 heavy (non-hydrogen) atoms. The molecule has 0 aliphatic rings. The Hall–Kier alpha value is -1.59. The van der Waals surface area contributed by atoms with Crippen LogP contribution in [0.2, 0.25) is 0 Å². The van der Waals surface area contributed by atoms with E-state index in [1.165, 1.54) is 5.56 Å². The van der Waals surface area contributed by atoms with Gasteiger partial charge in [-0.3, -0.25) is 4.79 Å². The minimum Gasteiger partial charge on any atom is -0.494 e. The molecule has 0 aromatic heterocycles. The van der Waals surface area contributed by atoms with Crippen molar-refractivity contribution in [2.75, 3.05) is 33.4 Å². The largest absolute Gasteiger partial charge is 0.494 e. The average molecular weight is 336 g/mol. The van der Waals surface area contributed by atoms with Gasteiger partial charge in [-0.25, -0.2) is 0 Å². The zero-order valence-electron chi connectivity index (χ0n) is 15.4. The Morgan fingerprint density at radius 3 is 2.42 bits per heavy atom. The molecule has 0 aliphatic carbocycles. The van der Waals surface area contributed by atoms with Crippen molar-refractivity contribution in [1.82, 2.24) is 10.6 Å². The van der Waals surface area contributed by atoms with Gasteiger partial charge in [-0.1, -0.05) is 31.5 Å². The molecule has 0 bridgehead atoms. The lowest BCUT2D eigenvalue weighted by Crippen LogP contribution is -2.45. The number of hydrogen-bond donors (Lipinski definition) is 2. The van der Waals surface area contributed by atoms with Crippen LogP contribution in [0.1, 0.15) is 32.3 Å². The molecule has 0 aliphatic heterocycles. The number of rotatable bonds is 12. The molecule has 1 unspecified atom stereocenters. The van der Waals surface area contributed by atoms with E-state index < -0.39 is 0 Å². The summed E-state index contributed by atoms with van der Waals surface area (Å²) in [5.74, 6) is 1.26. The summed E-state index contributed by atoms with van der Waals surface area (Å²) in [5.41, 5.74) is 1.23. The number of nitrogens with one attached hydrogen (secondary N) is 2. The van der Waals surface area contributed by atoms with Crippen molar-refractivity contribution >= 4 is 5.91 Å². The molecule has 5 heteroatoms. The van der Waals surface area contributed by atoms with E-state index in [0.29, 0.717) is 32.3 Å². The Morgan fingerprint density at radius 2 is 1.79 bits per heavy atom. The number of unbranched alkanes of at least 4 members (excludes halogenated alkanes) is 1. The van der Waals surface area contributed by atoms with Crippen LogP contribution in [0.15, 0.2) is 24.3 Å². The van der Waals surface area contributed by atoms with Crippen LogP contribution in [-0.4, -0.2) is 45.4 Å². The van der Waals surface area contributed by atoms with Gasteiger partial charge in [0.15, 0.2) is 0 Å². The van der Waals surface area contributed by atoms with Crippen molar-refractivity contribution in [3.63, 3.8) is 0 Å². The van der Waals surface area contributed by atoms with Gasteiger partial charge < -0.3 is 20.1 Å². The lowest BCUT2D eigenvalue weighted by Gasteiger charge is -2.22. The van der Waals surface area contributed by atoms with E-state index in [1.54, 1.807) is 7.05 Å². The molecule has 5 nitrogen and oxygen atoms in total. The van der Waals surface area contributed by atoms with E-state index in [-0.39, 0.29) is 11.9 Å². The third-order valence-corrected chi connectivity index (χ3v) is 3.76. The predicted molar refractivity (Wildman–Crippen MR) is 97.4 cm³/mol. The summed E-state index contributed by atoms with van der Waals surface area (Å²) in [6.45, 7) is 8.49. The number of benzene rings is 1. The fraction of sp³-hybridized carbons (Fsp3) is 0.632. The maximum atomic E-state index is 11.6. The van der Waals surface area contributed by atoms with E-state index >= 15 is 0 Å². The van der Waals surface area contributed by atoms with Crippen LogP contribution in [0.3, 0.4) is 0 Å². The second-order valence-electron chi connectivity index (χ2n) is 6.39. The van der Waals surface area contributed by atoms with Gasteiger partial charge in [0.2, 0.25) is 5.91 Å². The van der Waals surface area contributed by atoms with E-state index in [9.17, 15) is 4.79 Å². The smallest absolute Gasteiger partial charge is 0.234 e. The van der Waals surface area contributed by atoms with E-state index in [2.05, 4.69) is 31.4 Å². The SMILES string of the molecule is CNCC(=O)NC(COCCCCOc1ccc(C)cc1)C(C)C. The number of carbonyl (C=O) groups excluding carboxylic acids is 1. The molecule has 2 N–H and O–H groups in total. The molecule has 136 valence electrons. The first-order valence-corrected chi connectivity index (χ1v) is 8.74. The summed E-state index contributed by atoms with van der Waals surface area (Å²) in [7, 11) is 1.76. The molecule has 1 atom stereocenters. The first kappa shape index (κ1) is 20.5. The highest BCUT2D eigenvalue weighted by Gasteiger charge is 2.15. The van der Waals surface area contributed by atoms with Gasteiger partial charge in [-0.05, 0) is 44.9 Å². The van der Waals surface area contributed by atoms with Gasteiger partial charge in [0.25, 0.3) is 0 Å². The summed E-state index contributed by atoms with van der Waals surface area (Å²) >= 11 is 0. The van der Waals surface area contributed by atoms with Crippen molar-refractivity contribution < 1.29 is 14.3 Å². The molecule has 1 aromatic rings. The molecule has 0 saturated carbocycles. The molecular weight excluding hydrogens is 304 g/mol. The van der Waals surface area contributed by atoms with Crippen LogP contribution >= 0.6 is 0 Å². The molecular formula is C19H32N2O3. The average Bonchev–Trinajstić information content (AvgIpc) is 2.54. The van der Waals surface area contributed by atoms with Crippen LogP contribution in [0.5, 0.6) is 5.75 Å². The highest BCUT2D eigenvalue weighted by atomic mass is 16.5. The van der Waals surface area contributed by atoms with Crippen molar-refractivity contribution in [2.24, 2.45) is 5.92 Å². The topological polar surface area (TPSA) is 59.6 Å². The van der Waals surface area contributed by atoms with E-state index in [4.69, 9.17) is 9.47 Å². The zero-order chi connectivity index (χ0) is 17.8. The first-order valence-electron chi connectivity index (χ1n) is 8.74. The fourth-order valence-electron chi connectivity index (χ4n) is 2.16. The number of amides is 1. The molecule has 1 amide bonds. The Bertz CT molecular complexity index is 460. The molecule has 0 radical (unpaired) electrons. The standard InChI is InChI=1S/C19H32N2O3/c1-15(2)18(21-19(22)13-20-4)14-23-11-5-6-12-24-17-9-7-16(3)8-10-17/h7-10,15,18,20H,5-6,11-14H2,1-4H3,(H,21,22). The van der Waals surface area contributed by atoms with Gasteiger partial charge in [0, 0.05) is 6.61 Å². The molecule has 1 rings (SSSR count). The van der Waals surface area contributed by atoms with Crippen LogP contribution in [0, 0.1) is 12.8 Å². The van der Waals surface area contributed by atoms with Crippen LogP contribution in [0.4, 0.5) is 0 Å². The second-order valence-corrected chi connectivity index (χ2v) is 6.39. The number of carbonyl (C=O) groups is 1. The lowest BCUT2D eigenvalue weighted by atomic mass is 10.1. The third kappa shape index (κ3) is 8.89. The summed E-state index contributed by atoms with van der Waals surface area (Å²) < 4.78 is 11.4. The maximum Gasteiger partial charge on any atom is 0.234 e. The molecule has 0 heterocycles. The summed E-state index contributed by atoms with van der Waals surface area (Å²) in [6.07, 6.45) is 1.90. The number of ether oxygens (including phenoxy) is 2. The fourth-order valence-corrected chi connectivity index (χ4v) is 2.16. The molecule has 0 saturated heterocycles. The van der Waals surface area contributed by atoms with Gasteiger partial charge in [-0.15, -0.1) is 0 Å². The second kappa shape index (κ2) is 11.9. The van der Waals surface area contributed by atoms with E-state index in [0.717, 1.165) is 18.6 Å². The Labute approximate surface area is 146 Å². The summed E-state index contributed by atoms with van der Waals surface area (Å²) in [6, 6.07) is 8.13. The lowest BCUT2D eigenvalue weighted by molar-refractivity contribution is -0.121. The minimum atomic E-state index is 0.00583. The normalized spacial score (nSPS) is 12.2. The Balaban J connectivity index is 2.10. The summed E-state index contributed by atoms with van der Waals surface area (Å²) in [5, 5.41) is 5.85. The Kier molecular flexibility index (Phi) is 10.1. The van der Waals surface area contributed by atoms with E-state index in [1.807, 2.05) is 24.3 Å². The van der Waals surface area contributed by atoms with Crippen LogP contribution in [0.25, 0.3) is 0 Å². The van der Waals surface area contributed by atoms with Crippen molar-refractivity contribution in [1.29, 1.82) is 0 Å². The van der Waals surface area contributed by atoms with Gasteiger partial charge in [0.05, 0.1) is 25.8 Å². The molecule has 0 fully saturated rings. The molecule has 0 spiro atoms. The van der Waals surface area contributed by atoms with Crippen LogP contribution in [-0.2, 0) is 9.53 Å². The number of hydrogen-bond acceptors (Lipinski definition) is 4. The van der Waals surface area contributed by atoms with Crippen molar-refractivity contribution in [2.45, 2.75) is 39.7 Å². The number of aryl methyl sites for hydroxylation is 1. The summed E-state index contributed by atoms with van der Waals surface area (Å²) in [4.78, 5) is 11.6. The predicted octanol–water partition coefficient (Wildman–Crippen LogP) is 2.53. The maximum absolute atomic E-state index is 11.6. The van der Waals surface area contributed by atoms with Crippen LogP contribution < -0.4 is 15.4 Å². The van der Waals surface area contributed by atoms with Crippen molar-refractivity contribution in [3.05, 3.63) is 29.8 Å². The van der Waals surface area contributed by atoms with Gasteiger partial charge >= 0.3 is 0 Å². The quantitative estimate of drug-likeness (QED) is 0.576. The van der Waals surface area contributed by atoms with Gasteiger partial charge in [0.1, 0.15) is 5.75 Å². The minimum absolute atomic E-state index is 0.00583. The zero-order valence-corrected chi connectivity index (χ0v) is 15.4. The Morgan fingerprint density at radius 1 is 1.12 bits per heavy atom. The van der Waals surface area contributed by atoms with Crippen molar-refractivity contribution in [3.8, 4) is 5.75 Å². The molecule has 1 aromatic carbocycles. The monoisotopic (exact) mass is 336 g/mol. The number of likely N-dealkylation sites (N-methyl/N-ethyl adjacent to an activating group) is 1. The first-order chi connectivity index (χ1) is 11.5. The third-order valence-electron chi connectivity index (χ3n) is 3.76. The van der Waals surface area contributed by atoms with Gasteiger partial charge in [-0.2, -0.15) is 0 Å². The highest BCUT2D eigenvalue weighted by Crippen LogP contribution is 2.11. The highest BCUT2D eigenvalue weighted by molar-refractivity contribution is 5.78.